The maximum absolute atomic E-state index is 10.3. The molecule has 3 rings (SSSR count). The predicted octanol–water partition coefficient (Wildman–Crippen LogP) is 2.79. The Balaban J connectivity index is 1.63. The molecule has 1 N–H and O–H groups in total. The minimum atomic E-state index is -0.156. The molecule has 1 heterocycles. The molecule has 2 fully saturated rings. The van der Waals surface area contributed by atoms with Gasteiger partial charge in [-0.2, -0.15) is 0 Å². The summed E-state index contributed by atoms with van der Waals surface area (Å²) in [6.45, 7) is 2.03. The van der Waals surface area contributed by atoms with Crippen LogP contribution in [0.25, 0.3) is 0 Å². The number of nitrogens with zero attached hydrogens (tertiary/aromatic N) is 1. The molecular formula is C13H19NOS. The standard InChI is InChI=1S/C13H19NOS/c1-8-14-11(7-16-8)6-13(15)12-5-9-2-3-10(12)4-9/h7,9-10,12-13,15H,2-6H2,1H3. The van der Waals surface area contributed by atoms with Crippen LogP contribution >= 0.6 is 11.3 Å². The zero-order chi connectivity index (χ0) is 11.1. The molecule has 0 aromatic carbocycles. The SMILES string of the molecule is Cc1nc(CC(O)C2CC3CCC2C3)cs1. The summed E-state index contributed by atoms with van der Waals surface area (Å²) in [5.74, 6) is 2.28. The van der Waals surface area contributed by atoms with Gasteiger partial charge in [-0.3, -0.25) is 0 Å². The second kappa shape index (κ2) is 4.11. The number of hydrogen-bond donors (Lipinski definition) is 1. The van der Waals surface area contributed by atoms with Crippen LogP contribution in [0, 0.1) is 24.7 Å². The zero-order valence-corrected chi connectivity index (χ0v) is 10.5. The van der Waals surface area contributed by atoms with E-state index in [0.29, 0.717) is 5.92 Å². The smallest absolute Gasteiger partial charge is 0.0897 e. The van der Waals surface area contributed by atoms with E-state index in [0.717, 1.165) is 29.0 Å². The van der Waals surface area contributed by atoms with E-state index in [1.807, 2.05) is 6.92 Å². The largest absolute Gasteiger partial charge is 0.392 e. The van der Waals surface area contributed by atoms with E-state index in [9.17, 15) is 5.11 Å². The van der Waals surface area contributed by atoms with Gasteiger partial charge in [0.05, 0.1) is 16.8 Å². The number of aliphatic hydroxyl groups is 1. The van der Waals surface area contributed by atoms with E-state index in [1.165, 1.54) is 25.7 Å². The maximum Gasteiger partial charge on any atom is 0.0897 e. The minimum Gasteiger partial charge on any atom is -0.392 e. The van der Waals surface area contributed by atoms with Crippen LogP contribution < -0.4 is 0 Å². The predicted molar refractivity (Wildman–Crippen MR) is 65.5 cm³/mol. The average Bonchev–Trinajstić information content (AvgIpc) is 2.93. The molecule has 1 aromatic rings. The normalized spacial score (nSPS) is 34.5. The Labute approximate surface area is 101 Å². The van der Waals surface area contributed by atoms with Gasteiger partial charge < -0.3 is 5.11 Å². The molecule has 3 heteroatoms. The van der Waals surface area contributed by atoms with Crippen molar-refractivity contribution in [1.29, 1.82) is 0 Å². The third-order valence-electron chi connectivity index (χ3n) is 4.37. The number of hydrogen-bond acceptors (Lipinski definition) is 3. The second-order valence-electron chi connectivity index (χ2n) is 5.47. The molecule has 2 saturated carbocycles. The van der Waals surface area contributed by atoms with Crippen LogP contribution in [0.4, 0.5) is 0 Å². The van der Waals surface area contributed by atoms with Gasteiger partial charge in [-0.05, 0) is 43.9 Å². The summed E-state index contributed by atoms with van der Waals surface area (Å²) in [5.41, 5.74) is 1.08. The highest BCUT2D eigenvalue weighted by molar-refractivity contribution is 7.09. The molecule has 2 nitrogen and oxygen atoms in total. The Morgan fingerprint density at radius 2 is 2.38 bits per heavy atom. The fourth-order valence-electron chi connectivity index (χ4n) is 3.63. The monoisotopic (exact) mass is 237 g/mol. The lowest BCUT2D eigenvalue weighted by molar-refractivity contribution is 0.0744. The molecule has 0 amide bonds. The van der Waals surface area contributed by atoms with Gasteiger partial charge in [0, 0.05) is 11.8 Å². The van der Waals surface area contributed by atoms with Gasteiger partial charge in [0.1, 0.15) is 0 Å². The Morgan fingerprint density at radius 1 is 1.50 bits per heavy atom. The molecular weight excluding hydrogens is 218 g/mol. The second-order valence-corrected chi connectivity index (χ2v) is 6.53. The zero-order valence-electron chi connectivity index (χ0n) is 9.72. The number of rotatable bonds is 3. The number of aryl methyl sites for hydroxylation is 1. The Hall–Kier alpha value is -0.410. The van der Waals surface area contributed by atoms with Gasteiger partial charge in [0.15, 0.2) is 0 Å². The highest BCUT2D eigenvalue weighted by Gasteiger charge is 2.42. The third kappa shape index (κ3) is 1.91. The van der Waals surface area contributed by atoms with Crippen LogP contribution in [0.5, 0.6) is 0 Å². The van der Waals surface area contributed by atoms with E-state index >= 15 is 0 Å². The molecule has 0 radical (unpaired) electrons. The molecule has 2 bridgehead atoms. The Bertz CT molecular complexity index is 376. The molecule has 4 unspecified atom stereocenters. The molecule has 88 valence electrons. The first-order valence-corrected chi connectivity index (χ1v) is 7.19. The van der Waals surface area contributed by atoms with Crippen LogP contribution in [0.3, 0.4) is 0 Å². The number of aromatic nitrogens is 1. The van der Waals surface area contributed by atoms with E-state index in [4.69, 9.17) is 0 Å². The summed E-state index contributed by atoms with van der Waals surface area (Å²) in [5, 5.41) is 13.5. The summed E-state index contributed by atoms with van der Waals surface area (Å²) >= 11 is 1.68. The van der Waals surface area contributed by atoms with E-state index < -0.39 is 0 Å². The van der Waals surface area contributed by atoms with Crippen molar-refractivity contribution < 1.29 is 5.11 Å². The van der Waals surface area contributed by atoms with Crippen molar-refractivity contribution in [1.82, 2.24) is 4.98 Å². The molecule has 0 saturated heterocycles. The van der Waals surface area contributed by atoms with Crippen molar-refractivity contribution >= 4 is 11.3 Å². The van der Waals surface area contributed by atoms with Crippen LogP contribution in [-0.4, -0.2) is 16.2 Å². The number of fused-ring (bicyclic) bond motifs is 2. The van der Waals surface area contributed by atoms with Crippen molar-refractivity contribution in [2.75, 3.05) is 0 Å². The van der Waals surface area contributed by atoms with Crippen LogP contribution in [0.2, 0.25) is 0 Å². The van der Waals surface area contributed by atoms with Crippen LogP contribution in [-0.2, 0) is 6.42 Å². The summed E-state index contributed by atoms with van der Waals surface area (Å²) in [4.78, 5) is 4.44. The van der Waals surface area contributed by atoms with Crippen molar-refractivity contribution in [3.05, 3.63) is 16.1 Å². The van der Waals surface area contributed by atoms with Crippen molar-refractivity contribution in [3.8, 4) is 0 Å². The van der Waals surface area contributed by atoms with Crippen molar-refractivity contribution in [2.24, 2.45) is 17.8 Å². The average molecular weight is 237 g/mol. The highest BCUT2D eigenvalue weighted by atomic mass is 32.1. The lowest BCUT2D eigenvalue weighted by atomic mass is 9.83. The first-order chi connectivity index (χ1) is 7.72. The molecule has 4 atom stereocenters. The Kier molecular flexibility index (Phi) is 2.76. The third-order valence-corrected chi connectivity index (χ3v) is 5.19. The summed E-state index contributed by atoms with van der Waals surface area (Å²) in [7, 11) is 0. The van der Waals surface area contributed by atoms with Gasteiger partial charge in [-0.25, -0.2) is 4.98 Å². The molecule has 0 spiro atoms. The lowest BCUT2D eigenvalue weighted by Gasteiger charge is -2.26. The van der Waals surface area contributed by atoms with E-state index in [1.54, 1.807) is 11.3 Å². The highest BCUT2D eigenvalue weighted by Crippen LogP contribution is 2.49. The van der Waals surface area contributed by atoms with Gasteiger partial charge in [-0.1, -0.05) is 6.42 Å². The maximum atomic E-state index is 10.3. The number of aliphatic hydroxyl groups excluding tert-OH is 1. The molecule has 2 aliphatic carbocycles. The molecule has 0 aliphatic heterocycles. The molecule has 2 aliphatic rings. The minimum absolute atomic E-state index is 0.156. The first kappa shape index (κ1) is 10.7. The lowest BCUT2D eigenvalue weighted by Crippen LogP contribution is -2.27. The molecule has 16 heavy (non-hydrogen) atoms. The Morgan fingerprint density at radius 3 is 2.94 bits per heavy atom. The quantitative estimate of drug-likeness (QED) is 0.877. The number of thiazole rings is 1. The van der Waals surface area contributed by atoms with Gasteiger partial charge >= 0.3 is 0 Å². The van der Waals surface area contributed by atoms with Gasteiger partial charge in [0.25, 0.3) is 0 Å². The van der Waals surface area contributed by atoms with E-state index in [2.05, 4.69) is 10.4 Å². The van der Waals surface area contributed by atoms with Crippen LogP contribution in [0.1, 0.15) is 36.4 Å². The van der Waals surface area contributed by atoms with Crippen molar-refractivity contribution in [3.63, 3.8) is 0 Å². The summed E-state index contributed by atoms with van der Waals surface area (Å²) < 4.78 is 0. The van der Waals surface area contributed by atoms with Crippen molar-refractivity contribution in [2.45, 2.75) is 45.1 Å². The van der Waals surface area contributed by atoms with Gasteiger partial charge in [0.2, 0.25) is 0 Å². The fourth-order valence-corrected chi connectivity index (χ4v) is 4.26. The summed E-state index contributed by atoms with van der Waals surface area (Å²) in [6.07, 6.45) is 5.99. The van der Waals surface area contributed by atoms with E-state index in [-0.39, 0.29) is 6.10 Å². The summed E-state index contributed by atoms with van der Waals surface area (Å²) in [6, 6.07) is 0. The topological polar surface area (TPSA) is 33.1 Å². The van der Waals surface area contributed by atoms with Crippen LogP contribution in [0.15, 0.2) is 5.38 Å². The van der Waals surface area contributed by atoms with Gasteiger partial charge in [-0.15, -0.1) is 11.3 Å². The molecule has 1 aromatic heterocycles. The fraction of sp³-hybridized carbons (Fsp3) is 0.769. The first-order valence-electron chi connectivity index (χ1n) is 6.31.